The predicted octanol–water partition coefficient (Wildman–Crippen LogP) is 2.34. The monoisotopic (exact) mass is 316 g/mol. The van der Waals surface area contributed by atoms with Gasteiger partial charge in [0, 0.05) is 23.3 Å². The molecule has 0 saturated carbocycles. The third kappa shape index (κ3) is 2.96. The molecule has 3 aromatic rings. The quantitative estimate of drug-likeness (QED) is 0.742. The van der Waals surface area contributed by atoms with E-state index in [-0.39, 0.29) is 5.56 Å². The van der Waals surface area contributed by atoms with Crippen LogP contribution in [-0.4, -0.2) is 19.5 Å². The van der Waals surface area contributed by atoms with Gasteiger partial charge in [-0.05, 0) is 24.3 Å². The molecule has 0 radical (unpaired) electrons. The van der Waals surface area contributed by atoms with Gasteiger partial charge in [-0.2, -0.15) is 0 Å². The molecular formula is C16H13FN2O2S. The number of fused-ring (bicyclic) bond motifs is 1. The van der Waals surface area contributed by atoms with Crippen LogP contribution in [0.4, 0.5) is 4.39 Å². The molecule has 1 unspecified atom stereocenters. The van der Waals surface area contributed by atoms with E-state index < -0.39 is 16.6 Å². The Morgan fingerprint density at radius 2 is 1.91 bits per heavy atom. The Bertz CT molecular complexity index is 894. The molecule has 0 bridgehead atoms. The number of halogens is 1. The number of rotatable bonds is 4. The molecule has 0 aliphatic carbocycles. The van der Waals surface area contributed by atoms with E-state index in [1.54, 1.807) is 12.1 Å². The second-order valence-electron chi connectivity index (χ2n) is 4.77. The van der Waals surface area contributed by atoms with E-state index >= 15 is 0 Å². The zero-order valence-electron chi connectivity index (χ0n) is 11.6. The summed E-state index contributed by atoms with van der Waals surface area (Å²) in [4.78, 5) is 17.1. The summed E-state index contributed by atoms with van der Waals surface area (Å²) in [6, 6.07) is 13.0. The van der Waals surface area contributed by atoms with Gasteiger partial charge >= 0.3 is 0 Å². The molecule has 0 fully saturated rings. The minimum absolute atomic E-state index is 0.255. The first-order chi connectivity index (χ1) is 10.6. The van der Waals surface area contributed by atoms with Crippen LogP contribution in [-0.2, 0) is 17.3 Å². The zero-order valence-corrected chi connectivity index (χ0v) is 12.4. The van der Waals surface area contributed by atoms with E-state index in [1.165, 1.54) is 29.1 Å². The molecule has 1 heterocycles. The van der Waals surface area contributed by atoms with Gasteiger partial charge in [0.25, 0.3) is 5.56 Å². The van der Waals surface area contributed by atoms with Gasteiger partial charge in [-0.3, -0.25) is 13.6 Å². The van der Waals surface area contributed by atoms with E-state index in [0.29, 0.717) is 23.2 Å². The summed E-state index contributed by atoms with van der Waals surface area (Å²) in [5.41, 5.74) is 0.0699. The zero-order chi connectivity index (χ0) is 15.5. The lowest BCUT2D eigenvalue weighted by molar-refractivity contribution is 0.628. The van der Waals surface area contributed by atoms with E-state index in [9.17, 15) is 13.4 Å². The van der Waals surface area contributed by atoms with Gasteiger partial charge in [-0.25, -0.2) is 9.37 Å². The summed E-state index contributed by atoms with van der Waals surface area (Å²) in [6.45, 7) is 0.292. The minimum atomic E-state index is -1.18. The third-order valence-electron chi connectivity index (χ3n) is 3.31. The van der Waals surface area contributed by atoms with Crippen molar-refractivity contribution in [1.29, 1.82) is 0 Å². The first kappa shape index (κ1) is 14.6. The van der Waals surface area contributed by atoms with Crippen LogP contribution in [0.2, 0.25) is 0 Å². The third-order valence-corrected chi connectivity index (χ3v) is 4.66. The average molecular weight is 316 g/mol. The molecule has 6 heteroatoms. The van der Waals surface area contributed by atoms with Crippen molar-refractivity contribution in [3.05, 3.63) is 71.0 Å². The maximum absolute atomic E-state index is 13.1. The van der Waals surface area contributed by atoms with Crippen LogP contribution >= 0.6 is 0 Å². The Labute approximate surface area is 128 Å². The fraction of sp³-hybridized carbons (Fsp3) is 0.125. The Morgan fingerprint density at radius 3 is 2.68 bits per heavy atom. The number of aryl methyl sites for hydroxylation is 1. The normalized spacial score (nSPS) is 12.4. The van der Waals surface area contributed by atoms with Crippen LogP contribution < -0.4 is 5.56 Å². The molecule has 0 spiro atoms. The summed E-state index contributed by atoms with van der Waals surface area (Å²) in [5.74, 6) is -0.111. The molecule has 0 N–H and O–H groups in total. The molecule has 1 atom stereocenters. The van der Waals surface area contributed by atoms with Gasteiger partial charge < -0.3 is 0 Å². The summed E-state index contributed by atoms with van der Waals surface area (Å²) in [5, 5.41) is 0.356. The second kappa shape index (κ2) is 6.19. The lowest BCUT2D eigenvalue weighted by atomic mass is 10.2. The van der Waals surface area contributed by atoms with Crippen molar-refractivity contribution in [1.82, 2.24) is 9.55 Å². The van der Waals surface area contributed by atoms with Crippen molar-refractivity contribution in [3.63, 3.8) is 0 Å². The number of benzene rings is 2. The average Bonchev–Trinajstić information content (AvgIpc) is 2.54. The maximum atomic E-state index is 13.1. The first-order valence-electron chi connectivity index (χ1n) is 6.73. The van der Waals surface area contributed by atoms with Crippen molar-refractivity contribution in [3.8, 4) is 0 Å². The first-order valence-corrected chi connectivity index (χ1v) is 8.05. The highest BCUT2D eigenvalue weighted by Crippen LogP contribution is 2.09. The fourth-order valence-electron chi connectivity index (χ4n) is 2.16. The highest BCUT2D eigenvalue weighted by atomic mass is 32.2. The number of aromatic nitrogens is 2. The molecule has 1 aromatic heterocycles. The van der Waals surface area contributed by atoms with Gasteiger partial charge in [0.1, 0.15) is 5.82 Å². The largest absolute Gasteiger partial charge is 0.298 e. The topological polar surface area (TPSA) is 52.0 Å². The van der Waals surface area contributed by atoms with E-state index in [4.69, 9.17) is 0 Å². The van der Waals surface area contributed by atoms with E-state index in [2.05, 4.69) is 4.98 Å². The van der Waals surface area contributed by atoms with Gasteiger partial charge in [-0.15, -0.1) is 0 Å². The van der Waals surface area contributed by atoms with Crippen molar-refractivity contribution < 1.29 is 8.60 Å². The molecule has 4 nitrogen and oxygen atoms in total. The van der Waals surface area contributed by atoms with Crippen molar-refractivity contribution in [2.45, 2.75) is 11.4 Å². The molecule has 112 valence electrons. The van der Waals surface area contributed by atoms with Crippen molar-refractivity contribution in [2.24, 2.45) is 0 Å². The summed E-state index contributed by atoms with van der Waals surface area (Å²) in [6.07, 6.45) is 1.37. The molecule has 0 aliphatic heterocycles. The van der Waals surface area contributed by atoms with Crippen molar-refractivity contribution in [2.75, 3.05) is 5.75 Å². The SMILES string of the molecule is O=c1c2ccc(F)cc2ncn1CCS(=O)c1ccccc1. The smallest absolute Gasteiger partial charge is 0.261 e. The predicted molar refractivity (Wildman–Crippen MR) is 83.7 cm³/mol. The number of nitrogens with zero attached hydrogens (tertiary/aromatic N) is 2. The Morgan fingerprint density at radius 1 is 1.14 bits per heavy atom. The Kier molecular flexibility index (Phi) is 4.11. The van der Waals surface area contributed by atoms with E-state index in [0.717, 1.165) is 4.90 Å². The van der Waals surface area contributed by atoms with Gasteiger partial charge in [0.15, 0.2) is 0 Å². The minimum Gasteiger partial charge on any atom is -0.298 e. The lowest BCUT2D eigenvalue weighted by Gasteiger charge is -2.07. The summed E-state index contributed by atoms with van der Waals surface area (Å²) >= 11 is 0. The van der Waals surface area contributed by atoms with Crippen LogP contribution in [0.3, 0.4) is 0 Å². The molecule has 0 amide bonds. The number of hydrogen-bond donors (Lipinski definition) is 0. The molecule has 22 heavy (non-hydrogen) atoms. The van der Waals surface area contributed by atoms with Crippen molar-refractivity contribution >= 4 is 21.7 Å². The molecule has 0 saturated heterocycles. The second-order valence-corrected chi connectivity index (χ2v) is 6.34. The molecule has 2 aromatic carbocycles. The summed E-state index contributed by atoms with van der Waals surface area (Å²) < 4.78 is 26.7. The van der Waals surface area contributed by atoms with Crippen LogP contribution in [0.25, 0.3) is 10.9 Å². The number of hydrogen-bond acceptors (Lipinski definition) is 3. The Hall–Kier alpha value is -2.34. The van der Waals surface area contributed by atoms with Gasteiger partial charge in [0.2, 0.25) is 0 Å². The highest BCUT2D eigenvalue weighted by Gasteiger charge is 2.07. The summed E-state index contributed by atoms with van der Waals surface area (Å²) in [7, 11) is -1.18. The van der Waals surface area contributed by atoms with Gasteiger partial charge in [0.05, 0.1) is 28.0 Å². The highest BCUT2D eigenvalue weighted by molar-refractivity contribution is 7.85. The van der Waals surface area contributed by atoms with E-state index in [1.807, 2.05) is 18.2 Å². The fourth-order valence-corrected chi connectivity index (χ4v) is 3.22. The van der Waals surface area contributed by atoms with Crippen LogP contribution in [0.15, 0.2) is 64.5 Å². The molecule has 0 aliphatic rings. The molecular weight excluding hydrogens is 303 g/mol. The van der Waals surface area contributed by atoms with Crippen LogP contribution in [0, 0.1) is 5.82 Å². The lowest BCUT2D eigenvalue weighted by Crippen LogP contribution is -2.23. The maximum Gasteiger partial charge on any atom is 0.261 e. The van der Waals surface area contributed by atoms with Crippen LogP contribution in [0.1, 0.15) is 0 Å². The standard InChI is InChI=1S/C16H13FN2O2S/c17-12-6-7-14-15(10-12)18-11-19(16(14)20)8-9-22(21)13-4-2-1-3-5-13/h1-7,10-11H,8-9H2. The Balaban J connectivity index is 1.83. The van der Waals surface area contributed by atoms with Crippen LogP contribution in [0.5, 0.6) is 0 Å². The van der Waals surface area contributed by atoms with Gasteiger partial charge in [-0.1, -0.05) is 18.2 Å². The molecule has 3 rings (SSSR count).